The average Bonchev–Trinajstić information content (AvgIpc) is 2.85. The zero-order chi connectivity index (χ0) is 13.0. The smallest absolute Gasteiger partial charge is 0.251 e. The number of nitrogens with one attached hydrogen (secondary N) is 1. The first-order valence-electron chi connectivity index (χ1n) is 5.35. The Morgan fingerprint density at radius 3 is 2.83 bits per heavy atom. The Morgan fingerprint density at radius 2 is 2.17 bits per heavy atom. The van der Waals surface area contributed by atoms with Crippen molar-refractivity contribution in [1.29, 1.82) is 0 Å². The van der Waals surface area contributed by atoms with Crippen molar-refractivity contribution >= 4 is 17.2 Å². The number of aromatic nitrogens is 1. The van der Waals surface area contributed by atoms with E-state index in [9.17, 15) is 9.90 Å². The Balaban J connectivity index is 1.89. The maximum atomic E-state index is 11.7. The molecule has 1 heterocycles. The molecule has 0 atom stereocenters. The number of benzene rings is 1. The Labute approximate surface area is 108 Å². The quantitative estimate of drug-likeness (QED) is 0.731. The van der Waals surface area contributed by atoms with Crippen LogP contribution >= 0.6 is 11.3 Å². The van der Waals surface area contributed by atoms with Crippen LogP contribution in [0.15, 0.2) is 29.8 Å². The Hall–Kier alpha value is -2.08. The first kappa shape index (κ1) is 12.4. The molecule has 94 valence electrons. The molecule has 0 fully saturated rings. The second kappa shape index (κ2) is 5.50. The topological polar surface area (TPSA) is 82.5 Å². The third-order valence-corrected chi connectivity index (χ3v) is 3.18. The lowest BCUT2D eigenvalue weighted by Gasteiger charge is -2.05. The van der Waals surface area contributed by atoms with E-state index in [4.69, 9.17) is 5.11 Å². The predicted molar refractivity (Wildman–Crippen MR) is 67.9 cm³/mol. The number of rotatable bonds is 4. The van der Waals surface area contributed by atoms with Crippen LogP contribution in [0.4, 0.5) is 0 Å². The number of thiazole rings is 1. The van der Waals surface area contributed by atoms with Crippen molar-refractivity contribution in [3.05, 3.63) is 40.3 Å². The lowest BCUT2D eigenvalue weighted by atomic mass is 10.2. The fourth-order valence-corrected chi connectivity index (χ4v) is 2.05. The van der Waals surface area contributed by atoms with Crippen molar-refractivity contribution in [3.63, 3.8) is 0 Å². The number of nitrogens with zero attached hydrogens (tertiary/aromatic N) is 1. The van der Waals surface area contributed by atoms with Crippen LogP contribution < -0.4 is 5.32 Å². The number of carbonyl (C=O) groups excluding carboxylic acids is 1. The van der Waals surface area contributed by atoms with E-state index in [0.717, 1.165) is 5.01 Å². The number of phenols is 2. The highest BCUT2D eigenvalue weighted by atomic mass is 32.1. The number of phenolic OH excluding ortho intramolecular Hbond substituents is 2. The highest BCUT2D eigenvalue weighted by Crippen LogP contribution is 2.24. The minimum Gasteiger partial charge on any atom is -0.504 e. The van der Waals surface area contributed by atoms with E-state index in [1.165, 1.54) is 29.5 Å². The van der Waals surface area contributed by atoms with Gasteiger partial charge in [0, 0.05) is 30.1 Å². The molecule has 1 aromatic carbocycles. The van der Waals surface area contributed by atoms with E-state index in [-0.39, 0.29) is 17.4 Å². The van der Waals surface area contributed by atoms with Crippen LogP contribution in [-0.4, -0.2) is 27.6 Å². The molecule has 0 aliphatic heterocycles. The molecular formula is C12H12N2O3S. The van der Waals surface area contributed by atoms with Gasteiger partial charge in [-0.15, -0.1) is 11.3 Å². The standard InChI is InChI=1S/C12H12N2O3S/c15-9-2-1-8(7-10(9)16)12(17)14-4-3-11-13-5-6-18-11/h1-2,5-7,15-16H,3-4H2,(H,14,17). The summed E-state index contributed by atoms with van der Waals surface area (Å²) in [5, 5.41) is 24.0. The lowest BCUT2D eigenvalue weighted by Crippen LogP contribution is -2.25. The summed E-state index contributed by atoms with van der Waals surface area (Å²) in [7, 11) is 0. The van der Waals surface area contributed by atoms with Crippen LogP contribution in [0, 0.1) is 0 Å². The van der Waals surface area contributed by atoms with Crippen LogP contribution in [0.25, 0.3) is 0 Å². The maximum Gasteiger partial charge on any atom is 0.251 e. The monoisotopic (exact) mass is 264 g/mol. The normalized spacial score (nSPS) is 10.2. The van der Waals surface area contributed by atoms with Crippen molar-refractivity contribution in [3.8, 4) is 11.5 Å². The van der Waals surface area contributed by atoms with Gasteiger partial charge >= 0.3 is 0 Å². The first-order valence-corrected chi connectivity index (χ1v) is 6.23. The summed E-state index contributed by atoms with van der Waals surface area (Å²) in [4.78, 5) is 15.8. The second-order valence-corrected chi connectivity index (χ2v) is 4.61. The summed E-state index contributed by atoms with van der Waals surface area (Å²) in [5.41, 5.74) is 0.310. The highest BCUT2D eigenvalue weighted by Gasteiger charge is 2.08. The van der Waals surface area contributed by atoms with Gasteiger partial charge in [-0.3, -0.25) is 4.79 Å². The van der Waals surface area contributed by atoms with Gasteiger partial charge in [-0.25, -0.2) is 4.98 Å². The Kier molecular flexibility index (Phi) is 3.78. The molecule has 2 rings (SSSR count). The maximum absolute atomic E-state index is 11.7. The fraction of sp³-hybridized carbons (Fsp3) is 0.167. The van der Waals surface area contributed by atoms with Gasteiger partial charge in [0.05, 0.1) is 5.01 Å². The van der Waals surface area contributed by atoms with Crippen LogP contribution in [0.5, 0.6) is 11.5 Å². The van der Waals surface area contributed by atoms with Crippen molar-refractivity contribution < 1.29 is 15.0 Å². The minimum absolute atomic E-state index is 0.241. The van der Waals surface area contributed by atoms with Gasteiger partial charge in [0.2, 0.25) is 0 Å². The molecule has 0 aliphatic rings. The van der Waals surface area contributed by atoms with Gasteiger partial charge in [0.15, 0.2) is 11.5 Å². The van der Waals surface area contributed by atoms with Crippen molar-refractivity contribution in [2.24, 2.45) is 0 Å². The third kappa shape index (κ3) is 2.98. The summed E-state index contributed by atoms with van der Waals surface area (Å²) in [6.45, 7) is 0.480. The fourth-order valence-electron chi connectivity index (χ4n) is 1.43. The van der Waals surface area contributed by atoms with Gasteiger partial charge in [0.1, 0.15) is 0 Å². The molecule has 3 N–H and O–H groups in total. The molecule has 1 amide bonds. The summed E-state index contributed by atoms with van der Waals surface area (Å²) >= 11 is 1.54. The van der Waals surface area contributed by atoms with Gasteiger partial charge in [-0.05, 0) is 18.2 Å². The molecule has 0 saturated heterocycles. The SMILES string of the molecule is O=C(NCCc1nccs1)c1ccc(O)c(O)c1. The van der Waals surface area contributed by atoms with Gasteiger partial charge in [-0.1, -0.05) is 0 Å². The van der Waals surface area contributed by atoms with Crippen molar-refractivity contribution in [1.82, 2.24) is 10.3 Å². The van der Waals surface area contributed by atoms with E-state index < -0.39 is 0 Å². The number of carbonyl (C=O) groups is 1. The molecule has 0 radical (unpaired) electrons. The molecule has 0 spiro atoms. The van der Waals surface area contributed by atoms with Crippen LogP contribution in [0.1, 0.15) is 15.4 Å². The van der Waals surface area contributed by atoms with Crippen LogP contribution in [0.2, 0.25) is 0 Å². The first-order chi connectivity index (χ1) is 8.66. The van der Waals surface area contributed by atoms with Gasteiger partial charge in [-0.2, -0.15) is 0 Å². The molecule has 5 nitrogen and oxygen atoms in total. The summed E-state index contributed by atoms with van der Waals surface area (Å²) < 4.78 is 0. The second-order valence-electron chi connectivity index (χ2n) is 3.64. The molecule has 0 unspecified atom stereocenters. The predicted octanol–water partition coefficient (Wildman–Crippen LogP) is 1.53. The number of hydrogen-bond acceptors (Lipinski definition) is 5. The van der Waals surface area contributed by atoms with E-state index in [2.05, 4.69) is 10.3 Å². The van der Waals surface area contributed by atoms with E-state index >= 15 is 0 Å². The van der Waals surface area contributed by atoms with E-state index in [0.29, 0.717) is 18.5 Å². The Morgan fingerprint density at radius 1 is 1.33 bits per heavy atom. The summed E-state index contributed by atoms with van der Waals surface area (Å²) in [6.07, 6.45) is 2.40. The van der Waals surface area contributed by atoms with E-state index in [1.54, 1.807) is 6.20 Å². The largest absolute Gasteiger partial charge is 0.504 e. The van der Waals surface area contributed by atoms with Gasteiger partial charge < -0.3 is 15.5 Å². The van der Waals surface area contributed by atoms with Crippen LogP contribution in [0.3, 0.4) is 0 Å². The zero-order valence-corrected chi connectivity index (χ0v) is 10.3. The zero-order valence-electron chi connectivity index (χ0n) is 9.46. The molecule has 0 aliphatic carbocycles. The van der Waals surface area contributed by atoms with Gasteiger partial charge in [0.25, 0.3) is 5.91 Å². The molecular weight excluding hydrogens is 252 g/mol. The van der Waals surface area contributed by atoms with E-state index in [1.807, 2.05) is 5.38 Å². The number of aromatic hydroxyl groups is 2. The highest BCUT2D eigenvalue weighted by molar-refractivity contribution is 7.09. The lowest BCUT2D eigenvalue weighted by molar-refractivity contribution is 0.0953. The Bertz CT molecular complexity index is 540. The molecule has 0 bridgehead atoms. The minimum atomic E-state index is -0.303. The molecule has 1 aromatic heterocycles. The third-order valence-electron chi connectivity index (χ3n) is 2.35. The molecule has 2 aromatic rings. The summed E-state index contributed by atoms with van der Waals surface area (Å²) in [5.74, 6) is -0.834. The molecule has 18 heavy (non-hydrogen) atoms. The summed E-state index contributed by atoms with van der Waals surface area (Å²) in [6, 6.07) is 3.97. The number of hydrogen-bond donors (Lipinski definition) is 3. The van der Waals surface area contributed by atoms with Crippen molar-refractivity contribution in [2.75, 3.05) is 6.54 Å². The van der Waals surface area contributed by atoms with Crippen molar-refractivity contribution in [2.45, 2.75) is 6.42 Å². The van der Waals surface area contributed by atoms with Crippen LogP contribution in [-0.2, 0) is 6.42 Å². The number of amides is 1. The molecule has 6 heteroatoms. The average molecular weight is 264 g/mol. The molecule has 0 saturated carbocycles.